The maximum absolute atomic E-state index is 13.1. The van der Waals surface area contributed by atoms with E-state index < -0.39 is 11.7 Å². The summed E-state index contributed by atoms with van der Waals surface area (Å²) >= 11 is 0. The van der Waals surface area contributed by atoms with Crippen LogP contribution in [0, 0.1) is 5.92 Å². The fraction of sp³-hybridized carbons (Fsp3) is 0.571. The van der Waals surface area contributed by atoms with Crippen LogP contribution in [0.2, 0.25) is 0 Å². The van der Waals surface area contributed by atoms with Crippen LogP contribution in [-0.2, 0) is 6.18 Å². The maximum atomic E-state index is 13.1. The third kappa shape index (κ3) is 3.14. The lowest BCUT2D eigenvalue weighted by Gasteiger charge is -2.35. The Labute approximate surface area is 111 Å². The minimum atomic E-state index is -4.36. The second-order valence-corrected chi connectivity index (χ2v) is 5.14. The van der Waals surface area contributed by atoms with Crippen LogP contribution in [-0.4, -0.2) is 13.1 Å². The molecule has 19 heavy (non-hydrogen) atoms. The molecule has 1 heterocycles. The molecule has 0 saturated carbocycles. The van der Waals surface area contributed by atoms with Crippen molar-refractivity contribution in [1.82, 2.24) is 0 Å². The summed E-state index contributed by atoms with van der Waals surface area (Å²) in [7, 11) is 0. The Kier molecular flexibility index (Phi) is 3.92. The van der Waals surface area contributed by atoms with Crippen molar-refractivity contribution in [3.63, 3.8) is 0 Å². The van der Waals surface area contributed by atoms with E-state index in [4.69, 9.17) is 5.73 Å². The number of nitrogens with two attached hydrogens (primary N) is 1. The Morgan fingerprint density at radius 1 is 1.37 bits per heavy atom. The number of piperidine rings is 1. The van der Waals surface area contributed by atoms with Crippen molar-refractivity contribution >= 4 is 11.4 Å². The number of nitrogens with zero attached hydrogens (tertiary/aromatic N) is 1. The number of benzene rings is 1. The van der Waals surface area contributed by atoms with Gasteiger partial charge in [0.1, 0.15) is 0 Å². The average molecular weight is 272 g/mol. The molecule has 0 radical (unpaired) electrons. The van der Waals surface area contributed by atoms with Crippen molar-refractivity contribution in [2.24, 2.45) is 5.92 Å². The summed E-state index contributed by atoms with van der Waals surface area (Å²) in [6.45, 7) is 3.47. The third-order valence-electron chi connectivity index (χ3n) is 3.76. The van der Waals surface area contributed by atoms with E-state index in [0.717, 1.165) is 25.3 Å². The lowest BCUT2D eigenvalue weighted by atomic mass is 9.94. The summed E-state index contributed by atoms with van der Waals surface area (Å²) in [6.07, 6.45) is -1.31. The molecule has 2 N–H and O–H groups in total. The zero-order valence-corrected chi connectivity index (χ0v) is 11.0. The van der Waals surface area contributed by atoms with E-state index >= 15 is 0 Å². The molecule has 1 aliphatic heterocycles. The smallest absolute Gasteiger partial charge is 0.399 e. The van der Waals surface area contributed by atoms with Crippen LogP contribution in [0.4, 0.5) is 24.5 Å². The van der Waals surface area contributed by atoms with Gasteiger partial charge in [-0.25, -0.2) is 0 Å². The van der Waals surface area contributed by atoms with Crippen molar-refractivity contribution < 1.29 is 13.2 Å². The molecule has 0 bridgehead atoms. The van der Waals surface area contributed by atoms with Gasteiger partial charge in [0.15, 0.2) is 0 Å². The van der Waals surface area contributed by atoms with E-state index in [9.17, 15) is 13.2 Å². The Morgan fingerprint density at radius 3 is 2.74 bits per heavy atom. The number of rotatable bonds is 2. The predicted molar refractivity (Wildman–Crippen MR) is 71.1 cm³/mol. The van der Waals surface area contributed by atoms with Gasteiger partial charge < -0.3 is 10.6 Å². The number of halogens is 3. The minimum absolute atomic E-state index is 0.153. The lowest BCUT2D eigenvalue weighted by Crippen LogP contribution is -2.36. The average Bonchev–Trinajstić information content (AvgIpc) is 2.37. The molecule has 106 valence electrons. The molecule has 1 fully saturated rings. The van der Waals surface area contributed by atoms with E-state index in [1.165, 1.54) is 6.07 Å². The first-order valence-corrected chi connectivity index (χ1v) is 6.63. The van der Waals surface area contributed by atoms with Gasteiger partial charge in [-0.2, -0.15) is 13.2 Å². The zero-order valence-electron chi connectivity index (χ0n) is 11.0. The molecule has 1 aliphatic rings. The Morgan fingerprint density at radius 2 is 2.11 bits per heavy atom. The lowest BCUT2D eigenvalue weighted by molar-refractivity contribution is -0.137. The molecule has 0 aromatic heterocycles. The second kappa shape index (κ2) is 5.31. The number of hydrogen-bond acceptors (Lipinski definition) is 2. The van der Waals surface area contributed by atoms with E-state index in [1.807, 2.05) is 4.90 Å². The molecular formula is C14H19F3N2. The summed E-state index contributed by atoms with van der Waals surface area (Å²) in [4.78, 5) is 1.85. The van der Waals surface area contributed by atoms with Crippen molar-refractivity contribution in [3.05, 3.63) is 23.8 Å². The van der Waals surface area contributed by atoms with Gasteiger partial charge in [-0.3, -0.25) is 0 Å². The third-order valence-corrected chi connectivity index (χ3v) is 3.76. The largest absolute Gasteiger partial charge is 0.418 e. The first kappa shape index (κ1) is 14.0. The van der Waals surface area contributed by atoms with Crippen LogP contribution in [0.5, 0.6) is 0 Å². The van der Waals surface area contributed by atoms with Gasteiger partial charge in [-0.1, -0.05) is 13.3 Å². The molecular weight excluding hydrogens is 253 g/mol. The fourth-order valence-electron chi connectivity index (χ4n) is 2.67. The van der Waals surface area contributed by atoms with Crippen molar-refractivity contribution in [1.29, 1.82) is 0 Å². The van der Waals surface area contributed by atoms with Crippen molar-refractivity contribution in [2.45, 2.75) is 32.4 Å². The molecule has 2 nitrogen and oxygen atoms in total. The monoisotopic (exact) mass is 272 g/mol. The maximum Gasteiger partial charge on any atom is 0.418 e. The second-order valence-electron chi connectivity index (χ2n) is 5.14. The molecule has 1 atom stereocenters. The summed E-state index contributed by atoms with van der Waals surface area (Å²) in [5.41, 5.74) is 5.28. The van der Waals surface area contributed by atoms with Gasteiger partial charge in [-0.15, -0.1) is 0 Å². The standard InChI is InChI=1S/C14H19F3N2/c1-2-10-4-3-7-19(9-10)13-6-5-11(18)8-12(13)14(15,16)17/h5-6,8,10H,2-4,7,9,18H2,1H3. The highest BCUT2D eigenvalue weighted by Gasteiger charge is 2.35. The van der Waals surface area contributed by atoms with Gasteiger partial charge >= 0.3 is 6.18 Å². The van der Waals surface area contributed by atoms with Crippen molar-refractivity contribution in [3.8, 4) is 0 Å². The quantitative estimate of drug-likeness (QED) is 0.827. The van der Waals surface area contributed by atoms with Crippen LogP contribution < -0.4 is 10.6 Å². The first-order valence-electron chi connectivity index (χ1n) is 6.63. The van der Waals surface area contributed by atoms with Crippen molar-refractivity contribution in [2.75, 3.05) is 23.7 Å². The zero-order chi connectivity index (χ0) is 14.0. The Bertz CT molecular complexity index is 443. The molecule has 0 amide bonds. The van der Waals surface area contributed by atoms with Gasteiger partial charge in [-0.05, 0) is 37.0 Å². The molecule has 0 spiro atoms. The minimum Gasteiger partial charge on any atom is -0.399 e. The number of anilines is 2. The van der Waals surface area contributed by atoms with Gasteiger partial charge in [0.25, 0.3) is 0 Å². The van der Waals surface area contributed by atoms with Gasteiger partial charge in [0, 0.05) is 24.5 Å². The highest BCUT2D eigenvalue weighted by Crippen LogP contribution is 2.39. The normalized spacial score (nSPS) is 20.6. The Hall–Kier alpha value is -1.39. The van der Waals surface area contributed by atoms with Crippen LogP contribution >= 0.6 is 0 Å². The van der Waals surface area contributed by atoms with Crippen LogP contribution in [0.15, 0.2) is 18.2 Å². The van der Waals surface area contributed by atoms with Gasteiger partial charge in [0.2, 0.25) is 0 Å². The molecule has 1 aromatic carbocycles. The number of nitrogen functional groups attached to an aromatic ring is 1. The summed E-state index contributed by atoms with van der Waals surface area (Å²) in [5, 5.41) is 0. The predicted octanol–water partition coefficient (Wildman–Crippen LogP) is 3.91. The Balaban J connectivity index is 2.33. The molecule has 1 unspecified atom stereocenters. The summed E-state index contributed by atoms with van der Waals surface area (Å²) in [5.74, 6) is 0.479. The van der Waals surface area contributed by atoms with E-state index in [2.05, 4.69) is 6.92 Å². The SMILES string of the molecule is CCC1CCCN(c2ccc(N)cc2C(F)(F)F)C1. The van der Waals surface area contributed by atoms with E-state index in [-0.39, 0.29) is 11.4 Å². The highest BCUT2D eigenvalue weighted by molar-refractivity contribution is 5.61. The van der Waals surface area contributed by atoms with Gasteiger partial charge in [0.05, 0.1) is 5.56 Å². The fourth-order valence-corrected chi connectivity index (χ4v) is 2.67. The highest BCUT2D eigenvalue weighted by atomic mass is 19.4. The number of alkyl halides is 3. The summed E-state index contributed by atoms with van der Waals surface area (Å²) < 4.78 is 39.2. The van der Waals surface area contributed by atoms with Crippen LogP contribution in [0.25, 0.3) is 0 Å². The first-order chi connectivity index (χ1) is 8.91. The number of hydrogen-bond donors (Lipinski definition) is 1. The molecule has 1 saturated heterocycles. The van der Waals surface area contributed by atoms with E-state index in [1.54, 1.807) is 6.07 Å². The summed E-state index contributed by atoms with van der Waals surface area (Å²) in [6, 6.07) is 4.07. The topological polar surface area (TPSA) is 29.3 Å². The molecule has 2 rings (SSSR count). The van der Waals surface area contributed by atoms with E-state index in [0.29, 0.717) is 19.0 Å². The van der Waals surface area contributed by atoms with Crippen LogP contribution in [0.1, 0.15) is 31.7 Å². The molecule has 0 aliphatic carbocycles. The van der Waals surface area contributed by atoms with Crippen LogP contribution in [0.3, 0.4) is 0 Å². The molecule has 5 heteroatoms. The molecule has 1 aromatic rings.